The predicted molar refractivity (Wildman–Crippen MR) is 73.9 cm³/mol. The molecule has 0 bridgehead atoms. The molecule has 0 radical (unpaired) electrons. The second kappa shape index (κ2) is 5.25. The molecule has 1 aromatic carbocycles. The molecule has 0 spiro atoms. The van der Waals surface area contributed by atoms with Crippen LogP contribution >= 0.6 is 11.6 Å². The third-order valence-electron chi connectivity index (χ3n) is 3.49. The Labute approximate surface area is 121 Å². The van der Waals surface area contributed by atoms with Crippen molar-refractivity contribution in [2.75, 3.05) is 0 Å². The van der Waals surface area contributed by atoms with E-state index in [1.54, 1.807) is 4.68 Å². The van der Waals surface area contributed by atoms with E-state index in [1.165, 1.54) is 0 Å². The maximum absolute atomic E-state index is 11.2. The first kappa shape index (κ1) is 13.1. The standard InChI is InChI=1S/C14H14ClN3O2/c15-10-5-3-9(4-6-10)8-12-16-13-11(14(19)20)2-1-7-18(13)17-12/h3-6,11H,1-2,7-8H2,(H,19,20). The molecular weight excluding hydrogens is 278 g/mol. The van der Waals surface area contributed by atoms with Gasteiger partial charge in [-0.1, -0.05) is 23.7 Å². The van der Waals surface area contributed by atoms with Crippen LogP contribution < -0.4 is 0 Å². The number of rotatable bonds is 3. The molecule has 1 N–H and O–H groups in total. The second-order valence-electron chi connectivity index (χ2n) is 4.95. The van der Waals surface area contributed by atoms with E-state index in [0.717, 1.165) is 18.5 Å². The Morgan fingerprint density at radius 1 is 1.40 bits per heavy atom. The summed E-state index contributed by atoms with van der Waals surface area (Å²) >= 11 is 5.85. The summed E-state index contributed by atoms with van der Waals surface area (Å²) in [4.78, 5) is 15.6. The summed E-state index contributed by atoms with van der Waals surface area (Å²) in [6.07, 6.45) is 2.05. The molecule has 0 aliphatic carbocycles. The molecule has 1 aromatic heterocycles. The number of fused-ring (bicyclic) bond motifs is 1. The first-order chi connectivity index (χ1) is 9.63. The minimum Gasteiger partial charge on any atom is -0.481 e. The number of nitrogens with zero attached hydrogens (tertiary/aromatic N) is 3. The summed E-state index contributed by atoms with van der Waals surface area (Å²) in [5.74, 6) is -0.116. The molecule has 0 amide bonds. The first-order valence-electron chi connectivity index (χ1n) is 6.54. The molecular formula is C14H14ClN3O2. The lowest BCUT2D eigenvalue weighted by Gasteiger charge is -2.17. The van der Waals surface area contributed by atoms with E-state index < -0.39 is 11.9 Å². The fourth-order valence-electron chi connectivity index (χ4n) is 2.49. The Morgan fingerprint density at radius 2 is 2.15 bits per heavy atom. The summed E-state index contributed by atoms with van der Waals surface area (Å²) < 4.78 is 1.73. The maximum atomic E-state index is 11.2. The van der Waals surface area contributed by atoms with Gasteiger partial charge in [0.15, 0.2) is 5.82 Å². The van der Waals surface area contributed by atoms with Crippen molar-refractivity contribution in [3.8, 4) is 0 Å². The van der Waals surface area contributed by atoms with Crippen LogP contribution in [0.3, 0.4) is 0 Å². The average Bonchev–Trinajstić information content (AvgIpc) is 2.83. The van der Waals surface area contributed by atoms with Gasteiger partial charge in [-0.2, -0.15) is 5.10 Å². The summed E-state index contributed by atoms with van der Waals surface area (Å²) in [5.41, 5.74) is 1.06. The number of carboxylic acids is 1. The highest BCUT2D eigenvalue weighted by atomic mass is 35.5. The molecule has 104 valence electrons. The van der Waals surface area contributed by atoms with E-state index in [0.29, 0.717) is 29.5 Å². The number of aromatic nitrogens is 3. The van der Waals surface area contributed by atoms with Crippen LogP contribution in [-0.2, 0) is 17.8 Å². The van der Waals surface area contributed by atoms with E-state index in [4.69, 9.17) is 11.6 Å². The lowest BCUT2D eigenvalue weighted by molar-refractivity contribution is -0.139. The van der Waals surface area contributed by atoms with E-state index >= 15 is 0 Å². The molecule has 6 heteroatoms. The number of halogens is 1. The van der Waals surface area contributed by atoms with E-state index in [-0.39, 0.29) is 0 Å². The second-order valence-corrected chi connectivity index (χ2v) is 5.38. The third-order valence-corrected chi connectivity index (χ3v) is 3.74. The van der Waals surface area contributed by atoms with Crippen molar-refractivity contribution >= 4 is 17.6 Å². The highest BCUT2D eigenvalue weighted by molar-refractivity contribution is 6.30. The topological polar surface area (TPSA) is 68.0 Å². The zero-order chi connectivity index (χ0) is 14.1. The normalized spacial score (nSPS) is 17.8. The van der Waals surface area contributed by atoms with Crippen LogP contribution in [0, 0.1) is 0 Å². The van der Waals surface area contributed by atoms with Crippen LogP contribution in [0.25, 0.3) is 0 Å². The van der Waals surface area contributed by atoms with Crippen molar-refractivity contribution in [2.45, 2.75) is 31.7 Å². The molecule has 3 rings (SSSR count). The van der Waals surface area contributed by atoms with Crippen LogP contribution in [0.15, 0.2) is 24.3 Å². The average molecular weight is 292 g/mol. The monoisotopic (exact) mass is 291 g/mol. The Hall–Kier alpha value is -1.88. The quantitative estimate of drug-likeness (QED) is 0.943. The molecule has 1 aliphatic rings. The van der Waals surface area contributed by atoms with E-state index in [2.05, 4.69) is 10.1 Å². The highest BCUT2D eigenvalue weighted by Crippen LogP contribution is 2.26. The van der Waals surface area contributed by atoms with Gasteiger partial charge in [-0.05, 0) is 30.5 Å². The van der Waals surface area contributed by atoms with E-state index in [1.807, 2.05) is 24.3 Å². The van der Waals surface area contributed by atoms with Gasteiger partial charge in [0.1, 0.15) is 11.7 Å². The highest BCUT2D eigenvalue weighted by Gasteiger charge is 2.29. The molecule has 1 atom stereocenters. The minimum atomic E-state index is -0.823. The van der Waals surface area contributed by atoms with Crippen molar-refractivity contribution in [1.29, 1.82) is 0 Å². The lowest BCUT2D eigenvalue weighted by Crippen LogP contribution is -2.22. The molecule has 20 heavy (non-hydrogen) atoms. The van der Waals surface area contributed by atoms with Gasteiger partial charge >= 0.3 is 5.97 Å². The molecule has 2 aromatic rings. The third kappa shape index (κ3) is 2.54. The van der Waals surface area contributed by atoms with Crippen LogP contribution in [0.1, 0.15) is 36.0 Å². The fourth-order valence-corrected chi connectivity index (χ4v) is 2.62. The van der Waals surface area contributed by atoms with Crippen LogP contribution in [0.4, 0.5) is 0 Å². The molecule has 1 unspecified atom stereocenters. The Bertz CT molecular complexity index is 636. The molecule has 0 fully saturated rings. The van der Waals surface area contributed by atoms with Crippen LogP contribution in [0.5, 0.6) is 0 Å². The first-order valence-corrected chi connectivity index (χ1v) is 6.92. The summed E-state index contributed by atoms with van der Waals surface area (Å²) in [6.45, 7) is 0.743. The van der Waals surface area contributed by atoms with Gasteiger partial charge in [0.2, 0.25) is 0 Å². The SMILES string of the molecule is O=C(O)C1CCCn2nc(Cc3ccc(Cl)cc3)nc21. The van der Waals surface area contributed by atoms with Gasteiger partial charge in [-0.25, -0.2) is 9.67 Å². The molecule has 0 saturated carbocycles. The van der Waals surface area contributed by atoms with Crippen molar-refractivity contribution in [2.24, 2.45) is 0 Å². The Morgan fingerprint density at radius 3 is 2.85 bits per heavy atom. The predicted octanol–water partition coefficient (Wildman–Crippen LogP) is 2.48. The molecule has 5 nitrogen and oxygen atoms in total. The smallest absolute Gasteiger partial charge is 0.314 e. The summed E-state index contributed by atoms with van der Waals surface area (Å²) in [6, 6.07) is 7.51. The number of hydrogen-bond donors (Lipinski definition) is 1. The number of aliphatic carboxylic acids is 1. The van der Waals surface area contributed by atoms with Gasteiger partial charge < -0.3 is 5.11 Å². The number of hydrogen-bond acceptors (Lipinski definition) is 3. The van der Waals surface area contributed by atoms with Gasteiger partial charge in [0.05, 0.1) is 0 Å². The summed E-state index contributed by atoms with van der Waals surface area (Å²) in [5, 5.41) is 14.3. The number of carboxylic acid groups (broad SMARTS) is 1. The molecule has 2 heterocycles. The zero-order valence-corrected chi connectivity index (χ0v) is 11.5. The minimum absolute atomic E-state index is 0.532. The lowest BCUT2D eigenvalue weighted by atomic mass is 10.00. The number of carbonyl (C=O) groups is 1. The van der Waals surface area contributed by atoms with Gasteiger partial charge in [-0.3, -0.25) is 4.79 Å². The Balaban J connectivity index is 1.85. The fraction of sp³-hybridized carbons (Fsp3) is 0.357. The largest absolute Gasteiger partial charge is 0.481 e. The van der Waals surface area contributed by atoms with Crippen molar-refractivity contribution < 1.29 is 9.90 Å². The summed E-state index contributed by atoms with van der Waals surface area (Å²) in [7, 11) is 0. The number of aryl methyl sites for hydroxylation is 1. The van der Waals surface area contributed by atoms with Crippen molar-refractivity contribution in [1.82, 2.24) is 14.8 Å². The molecule has 1 aliphatic heterocycles. The molecule has 0 saturated heterocycles. The van der Waals surface area contributed by atoms with Crippen LogP contribution in [-0.4, -0.2) is 25.8 Å². The van der Waals surface area contributed by atoms with Crippen molar-refractivity contribution in [3.05, 3.63) is 46.5 Å². The van der Waals surface area contributed by atoms with Crippen LogP contribution in [0.2, 0.25) is 5.02 Å². The Kier molecular flexibility index (Phi) is 3.44. The van der Waals surface area contributed by atoms with Gasteiger partial charge in [0.25, 0.3) is 0 Å². The van der Waals surface area contributed by atoms with Gasteiger partial charge in [-0.15, -0.1) is 0 Å². The van der Waals surface area contributed by atoms with Crippen molar-refractivity contribution in [3.63, 3.8) is 0 Å². The van der Waals surface area contributed by atoms with Gasteiger partial charge in [0, 0.05) is 18.0 Å². The van der Waals surface area contributed by atoms with E-state index in [9.17, 15) is 9.90 Å². The number of benzene rings is 1. The zero-order valence-electron chi connectivity index (χ0n) is 10.8. The maximum Gasteiger partial charge on any atom is 0.314 e.